The predicted octanol–water partition coefficient (Wildman–Crippen LogP) is 2.22. The van der Waals surface area contributed by atoms with Crippen LogP contribution in [-0.4, -0.2) is 55.0 Å². The van der Waals surface area contributed by atoms with Crippen molar-refractivity contribution >= 4 is 22.7 Å². The van der Waals surface area contributed by atoms with Crippen LogP contribution in [0, 0.1) is 0 Å². The summed E-state index contributed by atoms with van der Waals surface area (Å²) < 4.78 is 5.25. The van der Waals surface area contributed by atoms with Crippen LogP contribution in [0.15, 0.2) is 59.5 Å². The number of fused-ring (bicyclic) bond motifs is 1. The number of pyridine rings is 1. The van der Waals surface area contributed by atoms with Crippen LogP contribution in [0.5, 0.6) is 5.75 Å². The standard InChI is InChI=1S/C25H28N4O4/c1-33-18-10-8-17(9-11-18)22(29-12-4-5-13-29)15-27-23(30)16-28-25(32)20-14-26-21-7-3-2-6-19(21)24(20)31/h2-3,6-11,14,22H,4-5,12-13,15-16H2,1H3,(H,26,31)(H,27,30)(H,28,32). The van der Waals surface area contributed by atoms with Gasteiger partial charge in [0.05, 0.1) is 19.7 Å². The lowest BCUT2D eigenvalue weighted by molar-refractivity contribution is -0.120. The summed E-state index contributed by atoms with van der Waals surface area (Å²) in [4.78, 5) is 42.9. The Bertz CT molecular complexity index is 1180. The highest BCUT2D eigenvalue weighted by atomic mass is 16.5. The molecule has 172 valence electrons. The number of carbonyl (C=O) groups is 2. The molecule has 33 heavy (non-hydrogen) atoms. The van der Waals surface area contributed by atoms with Crippen molar-refractivity contribution in [1.82, 2.24) is 20.5 Å². The van der Waals surface area contributed by atoms with E-state index in [0.29, 0.717) is 17.4 Å². The molecule has 2 amide bonds. The smallest absolute Gasteiger partial charge is 0.257 e. The van der Waals surface area contributed by atoms with E-state index in [1.807, 2.05) is 30.3 Å². The Labute approximate surface area is 191 Å². The van der Waals surface area contributed by atoms with Crippen molar-refractivity contribution in [2.45, 2.75) is 18.9 Å². The zero-order valence-corrected chi connectivity index (χ0v) is 18.6. The van der Waals surface area contributed by atoms with Crippen LogP contribution in [0.1, 0.15) is 34.8 Å². The molecule has 1 saturated heterocycles. The largest absolute Gasteiger partial charge is 0.497 e. The molecule has 4 rings (SSSR count). The fourth-order valence-corrected chi connectivity index (χ4v) is 4.20. The minimum absolute atomic E-state index is 0.0188. The molecule has 0 spiro atoms. The molecular weight excluding hydrogens is 420 g/mol. The maximum absolute atomic E-state index is 12.6. The zero-order valence-electron chi connectivity index (χ0n) is 18.6. The lowest BCUT2D eigenvalue weighted by atomic mass is 10.1. The fraction of sp³-hybridized carbons (Fsp3) is 0.320. The van der Waals surface area contributed by atoms with Crippen molar-refractivity contribution in [3.8, 4) is 5.75 Å². The molecular formula is C25H28N4O4. The van der Waals surface area contributed by atoms with Crippen molar-refractivity contribution in [2.75, 3.05) is 33.3 Å². The van der Waals surface area contributed by atoms with Crippen LogP contribution in [-0.2, 0) is 4.79 Å². The minimum atomic E-state index is -0.580. The molecule has 0 bridgehead atoms. The van der Waals surface area contributed by atoms with Gasteiger partial charge in [0.2, 0.25) is 11.3 Å². The van der Waals surface area contributed by atoms with E-state index in [2.05, 4.69) is 20.5 Å². The first-order valence-corrected chi connectivity index (χ1v) is 11.1. The summed E-state index contributed by atoms with van der Waals surface area (Å²) in [5.74, 6) is -0.101. The van der Waals surface area contributed by atoms with Gasteiger partial charge in [0.25, 0.3) is 5.91 Å². The number of ether oxygens (including phenoxy) is 1. The summed E-state index contributed by atoms with van der Waals surface area (Å²) in [6.45, 7) is 2.18. The molecule has 0 radical (unpaired) electrons. The molecule has 2 aromatic carbocycles. The Morgan fingerprint density at radius 3 is 2.52 bits per heavy atom. The lowest BCUT2D eigenvalue weighted by Gasteiger charge is -2.28. The van der Waals surface area contributed by atoms with Crippen LogP contribution in [0.25, 0.3) is 10.9 Å². The van der Waals surface area contributed by atoms with E-state index in [-0.39, 0.29) is 29.5 Å². The molecule has 1 aliphatic heterocycles. The SMILES string of the molecule is COc1ccc(C(CNC(=O)CNC(=O)c2c[nH]c3ccccc3c2=O)N2CCCC2)cc1. The highest BCUT2D eigenvalue weighted by molar-refractivity contribution is 5.98. The zero-order chi connectivity index (χ0) is 23.2. The van der Waals surface area contributed by atoms with Gasteiger partial charge in [-0.15, -0.1) is 0 Å². The second-order valence-electron chi connectivity index (χ2n) is 8.10. The second kappa shape index (κ2) is 10.3. The van der Waals surface area contributed by atoms with Gasteiger partial charge in [0, 0.05) is 23.6 Å². The molecule has 1 unspecified atom stereocenters. The Morgan fingerprint density at radius 1 is 1.06 bits per heavy atom. The van der Waals surface area contributed by atoms with Gasteiger partial charge in [-0.05, 0) is 55.8 Å². The molecule has 8 heteroatoms. The summed E-state index contributed by atoms with van der Waals surface area (Å²) in [6.07, 6.45) is 3.65. The molecule has 1 aliphatic rings. The lowest BCUT2D eigenvalue weighted by Crippen LogP contribution is -2.42. The first-order chi connectivity index (χ1) is 16.1. The molecule has 1 aromatic heterocycles. The van der Waals surface area contributed by atoms with E-state index < -0.39 is 5.91 Å². The van der Waals surface area contributed by atoms with Gasteiger partial charge in [0.1, 0.15) is 11.3 Å². The number of carbonyl (C=O) groups excluding carboxylic acids is 2. The number of methoxy groups -OCH3 is 1. The van der Waals surface area contributed by atoms with Gasteiger partial charge in [0.15, 0.2) is 0 Å². The van der Waals surface area contributed by atoms with Gasteiger partial charge in [-0.3, -0.25) is 19.3 Å². The number of benzene rings is 2. The Hall–Kier alpha value is -3.65. The molecule has 8 nitrogen and oxygen atoms in total. The van der Waals surface area contributed by atoms with Gasteiger partial charge < -0.3 is 20.4 Å². The molecule has 2 heterocycles. The van der Waals surface area contributed by atoms with E-state index in [1.165, 1.54) is 6.20 Å². The molecule has 3 N–H and O–H groups in total. The van der Waals surface area contributed by atoms with Crippen molar-refractivity contribution in [2.24, 2.45) is 0 Å². The Balaban J connectivity index is 1.36. The summed E-state index contributed by atoms with van der Waals surface area (Å²) >= 11 is 0. The number of likely N-dealkylation sites (tertiary alicyclic amines) is 1. The van der Waals surface area contributed by atoms with E-state index in [1.54, 1.807) is 25.3 Å². The maximum Gasteiger partial charge on any atom is 0.257 e. The number of H-pyrrole nitrogens is 1. The third-order valence-corrected chi connectivity index (χ3v) is 6.02. The van der Waals surface area contributed by atoms with Crippen LogP contribution in [0.4, 0.5) is 0 Å². The van der Waals surface area contributed by atoms with Crippen molar-refractivity contribution in [3.63, 3.8) is 0 Å². The normalized spacial score (nSPS) is 14.7. The van der Waals surface area contributed by atoms with Crippen molar-refractivity contribution < 1.29 is 14.3 Å². The summed E-state index contributed by atoms with van der Waals surface area (Å²) in [5, 5.41) is 5.91. The average molecular weight is 449 g/mol. The summed E-state index contributed by atoms with van der Waals surface area (Å²) in [5.41, 5.74) is 1.37. The highest BCUT2D eigenvalue weighted by Crippen LogP contribution is 2.26. The molecule has 0 saturated carbocycles. The topological polar surface area (TPSA) is 104 Å². The van der Waals surface area contributed by atoms with Gasteiger partial charge >= 0.3 is 0 Å². The third-order valence-electron chi connectivity index (χ3n) is 6.02. The minimum Gasteiger partial charge on any atom is -0.497 e. The van der Waals surface area contributed by atoms with Crippen LogP contribution in [0.3, 0.4) is 0 Å². The number of nitrogens with zero attached hydrogens (tertiary/aromatic N) is 1. The molecule has 1 fully saturated rings. The number of aromatic amines is 1. The summed E-state index contributed by atoms with van der Waals surface area (Å²) in [7, 11) is 1.63. The Morgan fingerprint density at radius 2 is 1.79 bits per heavy atom. The van der Waals surface area contributed by atoms with Gasteiger partial charge in [-0.1, -0.05) is 24.3 Å². The van der Waals surface area contributed by atoms with Gasteiger partial charge in [-0.2, -0.15) is 0 Å². The molecule has 1 atom stereocenters. The van der Waals surface area contributed by atoms with E-state index >= 15 is 0 Å². The number of hydrogen-bond donors (Lipinski definition) is 3. The Kier molecular flexibility index (Phi) is 7.04. The van der Waals surface area contributed by atoms with Crippen molar-refractivity contribution in [3.05, 3.63) is 76.1 Å². The van der Waals surface area contributed by atoms with Crippen LogP contribution in [0.2, 0.25) is 0 Å². The number of para-hydroxylation sites is 1. The third kappa shape index (κ3) is 5.23. The van der Waals surface area contributed by atoms with Crippen LogP contribution >= 0.6 is 0 Å². The quantitative estimate of drug-likeness (QED) is 0.490. The number of rotatable bonds is 8. The van der Waals surface area contributed by atoms with E-state index in [9.17, 15) is 14.4 Å². The molecule has 0 aliphatic carbocycles. The highest BCUT2D eigenvalue weighted by Gasteiger charge is 2.24. The fourth-order valence-electron chi connectivity index (χ4n) is 4.20. The number of amides is 2. The van der Waals surface area contributed by atoms with Crippen LogP contribution < -0.4 is 20.8 Å². The monoisotopic (exact) mass is 448 g/mol. The summed E-state index contributed by atoms with van der Waals surface area (Å²) in [6, 6.07) is 14.9. The first kappa shape index (κ1) is 22.5. The van der Waals surface area contributed by atoms with Crippen molar-refractivity contribution in [1.29, 1.82) is 0 Å². The average Bonchev–Trinajstić information content (AvgIpc) is 3.38. The maximum atomic E-state index is 12.6. The molecule has 3 aromatic rings. The number of aromatic nitrogens is 1. The van der Waals surface area contributed by atoms with Gasteiger partial charge in [-0.25, -0.2) is 0 Å². The van der Waals surface area contributed by atoms with E-state index in [4.69, 9.17) is 4.74 Å². The predicted molar refractivity (Wildman–Crippen MR) is 126 cm³/mol. The second-order valence-corrected chi connectivity index (χ2v) is 8.10. The van der Waals surface area contributed by atoms with E-state index in [0.717, 1.165) is 37.2 Å². The number of hydrogen-bond acceptors (Lipinski definition) is 5. The first-order valence-electron chi connectivity index (χ1n) is 11.1. The number of nitrogens with one attached hydrogen (secondary N) is 3.